The second kappa shape index (κ2) is 10.3. The fourth-order valence-electron chi connectivity index (χ4n) is 3.15. The maximum absolute atomic E-state index is 13.4. The standard InChI is InChI=1S/C25H27N3O2/c1-19(2)26-25(30)27-23-15-9-14-22(16-23)24(29)28(17-20-10-5-3-6-11-20)18-21-12-7-4-8-13-21/h3-16,19H,17-18H2,1-2H3,(H2,26,27,30). The largest absolute Gasteiger partial charge is 0.336 e. The van der Waals surface area contributed by atoms with Crippen molar-refractivity contribution in [2.45, 2.75) is 33.0 Å². The summed E-state index contributed by atoms with van der Waals surface area (Å²) in [7, 11) is 0. The number of nitrogens with zero attached hydrogens (tertiary/aromatic N) is 1. The van der Waals surface area contributed by atoms with Gasteiger partial charge >= 0.3 is 6.03 Å². The van der Waals surface area contributed by atoms with Crippen LogP contribution in [0.2, 0.25) is 0 Å². The number of hydrogen-bond acceptors (Lipinski definition) is 2. The highest BCUT2D eigenvalue weighted by Crippen LogP contribution is 2.17. The predicted octanol–water partition coefficient (Wildman–Crippen LogP) is 5.06. The van der Waals surface area contributed by atoms with Gasteiger partial charge < -0.3 is 15.5 Å². The molecule has 3 aromatic rings. The first-order valence-corrected chi connectivity index (χ1v) is 10.1. The van der Waals surface area contributed by atoms with Crippen molar-refractivity contribution in [3.05, 3.63) is 102 Å². The SMILES string of the molecule is CC(C)NC(=O)Nc1cccc(C(=O)N(Cc2ccccc2)Cc2ccccc2)c1. The molecule has 0 spiro atoms. The van der Waals surface area contributed by atoms with E-state index < -0.39 is 0 Å². The zero-order valence-corrected chi connectivity index (χ0v) is 17.3. The quantitative estimate of drug-likeness (QED) is 0.581. The van der Waals surface area contributed by atoms with E-state index in [1.165, 1.54) is 0 Å². The predicted molar refractivity (Wildman–Crippen MR) is 120 cm³/mol. The van der Waals surface area contributed by atoms with Crippen molar-refractivity contribution in [3.8, 4) is 0 Å². The number of nitrogens with one attached hydrogen (secondary N) is 2. The molecule has 3 rings (SSSR count). The molecule has 0 radical (unpaired) electrons. The summed E-state index contributed by atoms with van der Waals surface area (Å²) in [6.45, 7) is 4.79. The molecule has 5 nitrogen and oxygen atoms in total. The van der Waals surface area contributed by atoms with Crippen LogP contribution in [-0.2, 0) is 13.1 Å². The molecule has 154 valence electrons. The second-order valence-corrected chi connectivity index (χ2v) is 7.47. The molecule has 0 aromatic heterocycles. The van der Waals surface area contributed by atoms with Gasteiger partial charge in [0.1, 0.15) is 0 Å². The minimum Gasteiger partial charge on any atom is -0.336 e. The van der Waals surface area contributed by atoms with Crippen molar-refractivity contribution in [3.63, 3.8) is 0 Å². The van der Waals surface area contributed by atoms with Gasteiger partial charge in [-0.15, -0.1) is 0 Å². The van der Waals surface area contributed by atoms with Crippen molar-refractivity contribution in [2.24, 2.45) is 0 Å². The first kappa shape index (κ1) is 21.1. The number of hydrogen-bond donors (Lipinski definition) is 2. The van der Waals surface area contributed by atoms with Gasteiger partial charge in [0, 0.05) is 30.4 Å². The number of carbonyl (C=O) groups excluding carboxylic acids is 2. The van der Waals surface area contributed by atoms with Crippen LogP contribution in [0.25, 0.3) is 0 Å². The van der Waals surface area contributed by atoms with E-state index in [2.05, 4.69) is 10.6 Å². The van der Waals surface area contributed by atoms with Gasteiger partial charge in [-0.1, -0.05) is 66.7 Å². The minimum absolute atomic E-state index is 0.0297. The van der Waals surface area contributed by atoms with Crippen LogP contribution in [-0.4, -0.2) is 22.9 Å². The lowest BCUT2D eigenvalue weighted by atomic mass is 10.1. The topological polar surface area (TPSA) is 61.4 Å². The van der Waals surface area contributed by atoms with Gasteiger partial charge in [0.05, 0.1) is 0 Å². The number of urea groups is 1. The number of rotatable bonds is 7. The Hall–Kier alpha value is -3.60. The molecular weight excluding hydrogens is 374 g/mol. The molecule has 0 aliphatic carbocycles. The van der Waals surface area contributed by atoms with E-state index in [0.29, 0.717) is 24.3 Å². The molecule has 0 saturated carbocycles. The molecule has 0 aliphatic heterocycles. The first-order chi connectivity index (χ1) is 14.5. The lowest BCUT2D eigenvalue weighted by Gasteiger charge is -2.23. The molecule has 0 atom stereocenters. The Morgan fingerprint density at radius 1 is 0.800 bits per heavy atom. The van der Waals surface area contributed by atoms with E-state index in [4.69, 9.17) is 0 Å². The van der Waals surface area contributed by atoms with Crippen molar-refractivity contribution in [2.75, 3.05) is 5.32 Å². The number of carbonyl (C=O) groups is 2. The molecule has 0 saturated heterocycles. The van der Waals surface area contributed by atoms with Crippen molar-refractivity contribution < 1.29 is 9.59 Å². The van der Waals surface area contributed by atoms with Gasteiger partial charge in [-0.25, -0.2) is 4.79 Å². The van der Waals surface area contributed by atoms with Gasteiger partial charge in [0.2, 0.25) is 0 Å². The average Bonchev–Trinajstić information content (AvgIpc) is 2.74. The van der Waals surface area contributed by atoms with E-state index in [0.717, 1.165) is 11.1 Å². The zero-order chi connectivity index (χ0) is 21.3. The van der Waals surface area contributed by atoms with E-state index in [-0.39, 0.29) is 18.0 Å². The third-order valence-corrected chi connectivity index (χ3v) is 4.51. The molecule has 0 fully saturated rings. The molecule has 3 aromatic carbocycles. The van der Waals surface area contributed by atoms with Crippen LogP contribution in [0.15, 0.2) is 84.9 Å². The molecule has 5 heteroatoms. The van der Waals surface area contributed by atoms with Crippen LogP contribution in [0.5, 0.6) is 0 Å². The third-order valence-electron chi connectivity index (χ3n) is 4.51. The molecule has 30 heavy (non-hydrogen) atoms. The summed E-state index contributed by atoms with van der Waals surface area (Å²) < 4.78 is 0. The molecule has 0 unspecified atom stereocenters. The van der Waals surface area contributed by atoms with Crippen molar-refractivity contribution >= 4 is 17.6 Å². The zero-order valence-electron chi connectivity index (χ0n) is 17.3. The molecule has 2 N–H and O–H groups in total. The number of anilines is 1. The molecule has 0 aliphatic rings. The molecule has 0 heterocycles. The Kier molecular flexibility index (Phi) is 7.22. The third kappa shape index (κ3) is 6.21. The fourth-order valence-corrected chi connectivity index (χ4v) is 3.15. The van der Waals surface area contributed by atoms with Gasteiger partial charge in [0.25, 0.3) is 5.91 Å². The normalized spacial score (nSPS) is 10.5. The van der Waals surface area contributed by atoms with Gasteiger partial charge in [0.15, 0.2) is 0 Å². The van der Waals surface area contributed by atoms with Crippen LogP contribution < -0.4 is 10.6 Å². The smallest absolute Gasteiger partial charge is 0.319 e. The van der Waals surface area contributed by atoms with Gasteiger partial charge in [-0.2, -0.15) is 0 Å². The van der Waals surface area contributed by atoms with Crippen LogP contribution in [0, 0.1) is 0 Å². The summed E-state index contributed by atoms with van der Waals surface area (Å²) in [6, 6.07) is 26.6. The van der Waals surface area contributed by atoms with Crippen LogP contribution in [0.1, 0.15) is 35.3 Å². The number of amides is 3. The maximum Gasteiger partial charge on any atom is 0.319 e. The Bertz CT molecular complexity index is 930. The van der Waals surface area contributed by atoms with Gasteiger partial charge in [-0.3, -0.25) is 4.79 Å². The molecule has 0 bridgehead atoms. The highest BCUT2D eigenvalue weighted by atomic mass is 16.2. The summed E-state index contributed by atoms with van der Waals surface area (Å²) in [6.07, 6.45) is 0. The minimum atomic E-state index is -0.292. The molecular formula is C25H27N3O2. The van der Waals surface area contributed by atoms with E-state index in [1.807, 2.05) is 79.4 Å². The van der Waals surface area contributed by atoms with E-state index >= 15 is 0 Å². The van der Waals surface area contributed by atoms with E-state index in [1.54, 1.807) is 24.3 Å². The summed E-state index contributed by atoms with van der Waals surface area (Å²) in [5.41, 5.74) is 3.24. The highest BCUT2D eigenvalue weighted by molar-refractivity contribution is 5.97. The van der Waals surface area contributed by atoms with Crippen molar-refractivity contribution in [1.82, 2.24) is 10.2 Å². The van der Waals surface area contributed by atoms with Crippen LogP contribution >= 0.6 is 0 Å². The summed E-state index contributed by atoms with van der Waals surface area (Å²) >= 11 is 0. The lowest BCUT2D eigenvalue weighted by molar-refractivity contribution is 0.0730. The monoisotopic (exact) mass is 401 g/mol. The molecule has 3 amide bonds. The highest BCUT2D eigenvalue weighted by Gasteiger charge is 2.17. The second-order valence-electron chi connectivity index (χ2n) is 7.47. The average molecular weight is 402 g/mol. The maximum atomic E-state index is 13.4. The lowest BCUT2D eigenvalue weighted by Crippen LogP contribution is -2.34. The van der Waals surface area contributed by atoms with Crippen LogP contribution in [0.4, 0.5) is 10.5 Å². The first-order valence-electron chi connectivity index (χ1n) is 10.1. The summed E-state index contributed by atoms with van der Waals surface area (Å²) in [5, 5.41) is 5.57. The van der Waals surface area contributed by atoms with Gasteiger partial charge in [-0.05, 0) is 43.2 Å². The fraction of sp³-hybridized carbons (Fsp3) is 0.200. The summed E-state index contributed by atoms with van der Waals surface area (Å²) in [5.74, 6) is -0.0874. The Balaban J connectivity index is 1.81. The Morgan fingerprint density at radius 2 is 1.37 bits per heavy atom. The summed E-state index contributed by atoms with van der Waals surface area (Å²) in [4.78, 5) is 27.2. The Morgan fingerprint density at radius 3 is 1.90 bits per heavy atom. The van der Waals surface area contributed by atoms with Crippen molar-refractivity contribution in [1.29, 1.82) is 0 Å². The van der Waals surface area contributed by atoms with E-state index in [9.17, 15) is 9.59 Å². The number of benzene rings is 3. The van der Waals surface area contributed by atoms with Crippen LogP contribution in [0.3, 0.4) is 0 Å². The Labute approximate surface area is 177 Å².